The average molecular weight is 386 g/mol. The van der Waals surface area contributed by atoms with Gasteiger partial charge < -0.3 is 14.9 Å². The van der Waals surface area contributed by atoms with Crippen molar-refractivity contribution in [2.75, 3.05) is 18.5 Å². The number of fused-ring (bicyclic) bond motifs is 1. The summed E-state index contributed by atoms with van der Waals surface area (Å²) in [7, 11) is 0. The maximum absolute atomic E-state index is 12.3. The molecule has 1 aliphatic carbocycles. The molecule has 0 saturated carbocycles. The standard InChI is InChI=1S/C20H22N2O4S/c1-3-25-20(24)18-15-9-6-10-16(15)27-19(18)22-17(23)12-26-21-11-14-8-5-4-7-13(14)2/h4-5,7-8,11H,3,6,9-10,12H2,1-2H3,(H,22,23)/b21-11-. The van der Waals surface area contributed by atoms with E-state index in [2.05, 4.69) is 10.5 Å². The fourth-order valence-corrected chi connectivity index (χ4v) is 4.29. The zero-order chi connectivity index (χ0) is 19.2. The third kappa shape index (κ3) is 4.54. The van der Waals surface area contributed by atoms with Crippen LogP contribution >= 0.6 is 11.3 Å². The van der Waals surface area contributed by atoms with Crippen LogP contribution in [0, 0.1) is 6.92 Å². The zero-order valence-corrected chi connectivity index (χ0v) is 16.2. The third-order valence-corrected chi connectivity index (χ3v) is 5.51. The molecule has 1 aromatic heterocycles. The lowest BCUT2D eigenvalue weighted by Gasteiger charge is -2.07. The Hall–Kier alpha value is -2.67. The fraction of sp³-hybridized carbons (Fsp3) is 0.350. The number of carbonyl (C=O) groups excluding carboxylic acids is 2. The van der Waals surface area contributed by atoms with E-state index in [9.17, 15) is 9.59 Å². The van der Waals surface area contributed by atoms with Crippen LogP contribution in [0.1, 0.15) is 45.3 Å². The molecule has 0 spiro atoms. The maximum atomic E-state index is 12.3. The van der Waals surface area contributed by atoms with Crippen LogP contribution in [0.3, 0.4) is 0 Å². The zero-order valence-electron chi connectivity index (χ0n) is 15.4. The molecule has 7 heteroatoms. The van der Waals surface area contributed by atoms with Crippen molar-refractivity contribution in [3.05, 3.63) is 51.4 Å². The number of anilines is 1. The highest BCUT2D eigenvalue weighted by Gasteiger charge is 2.28. The molecule has 3 rings (SSSR count). The Balaban J connectivity index is 1.61. The lowest BCUT2D eigenvalue weighted by atomic mass is 10.1. The van der Waals surface area contributed by atoms with Crippen LogP contribution in [0.25, 0.3) is 0 Å². The summed E-state index contributed by atoms with van der Waals surface area (Å²) < 4.78 is 5.15. The van der Waals surface area contributed by atoms with Gasteiger partial charge in [0.15, 0.2) is 6.61 Å². The molecule has 6 nitrogen and oxygen atoms in total. The lowest BCUT2D eigenvalue weighted by molar-refractivity contribution is -0.120. The summed E-state index contributed by atoms with van der Waals surface area (Å²) in [5, 5.41) is 7.15. The van der Waals surface area contributed by atoms with Gasteiger partial charge in [-0.2, -0.15) is 0 Å². The van der Waals surface area contributed by atoms with Crippen molar-refractivity contribution in [2.45, 2.75) is 33.1 Å². The first-order chi connectivity index (χ1) is 13.1. The van der Waals surface area contributed by atoms with Gasteiger partial charge in [-0.25, -0.2) is 4.79 Å². The van der Waals surface area contributed by atoms with Crippen molar-refractivity contribution < 1.29 is 19.2 Å². The van der Waals surface area contributed by atoms with Gasteiger partial charge in [-0.3, -0.25) is 4.79 Å². The van der Waals surface area contributed by atoms with Gasteiger partial charge in [0.05, 0.1) is 18.4 Å². The number of benzene rings is 1. The van der Waals surface area contributed by atoms with E-state index in [-0.39, 0.29) is 18.5 Å². The minimum absolute atomic E-state index is 0.229. The summed E-state index contributed by atoms with van der Waals surface area (Å²) in [6.45, 7) is 3.81. The van der Waals surface area contributed by atoms with E-state index >= 15 is 0 Å². The molecule has 27 heavy (non-hydrogen) atoms. The van der Waals surface area contributed by atoms with Crippen molar-refractivity contribution in [3.8, 4) is 0 Å². The van der Waals surface area contributed by atoms with Gasteiger partial charge in [0.2, 0.25) is 0 Å². The van der Waals surface area contributed by atoms with Crippen LogP contribution in [0.5, 0.6) is 0 Å². The second-order valence-corrected chi connectivity index (χ2v) is 7.30. The Morgan fingerprint density at radius 1 is 1.30 bits per heavy atom. The smallest absolute Gasteiger partial charge is 0.341 e. The number of thiophene rings is 1. The molecule has 1 aromatic carbocycles. The van der Waals surface area contributed by atoms with Crippen molar-refractivity contribution in [2.24, 2.45) is 5.16 Å². The molecule has 0 atom stereocenters. The Morgan fingerprint density at radius 2 is 2.11 bits per heavy atom. The molecule has 1 N–H and O–H groups in total. The summed E-state index contributed by atoms with van der Waals surface area (Å²) >= 11 is 1.44. The van der Waals surface area contributed by atoms with E-state index in [0.29, 0.717) is 17.2 Å². The second kappa shape index (κ2) is 8.81. The van der Waals surface area contributed by atoms with Crippen LogP contribution in [0.15, 0.2) is 29.4 Å². The van der Waals surface area contributed by atoms with Crippen LogP contribution in [-0.4, -0.2) is 31.3 Å². The third-order valence-electron chi connectivity index (χ3n) is 4.30. The van der Waals surface area contributed by atoms with E-state index < -0.39 is 0 Å². The predicted octanol–water partition coefficient (Wildman–Crippen LogP) is 3.71. The highest BCUT2D eigenvalue weighted by atomic mass is 32.1. The van der Waals surface area contributed by atoms with Crippen LogP contribution < -0.4 is 5.32 Å². The Labute approximate surface area is 162 Å². The lowest BCUT2D eigenvalue weighted by Crippen LogP contribution is -2.18. The molecule has 1 amide bonds. The number of ether oxygens (including phenoxy) is 1. The molecule has 0 saturated heterocycles. The number of hydrogen-bond acceptors (Lipinski definition) is 6. The highest BCUT2D eigenvalue weighted by Crippen LogP contribution is 2.39. The number of hydrogen-bond donors (Lipinski definition) is 1. The van der Waals surface area contributed by atoms with E-state index in [1.165, 1.54) is 11.3 Å². The quantitative estimate of drug-likeness (QED) is 0.447. The Kier molecular flexibility index (Phi) is 6.24. The van der Waals surface area contributed by atoms with Crippen molar-refractivity contribution in [1.82, 2.24) is 0 Å². The first-order valence-corrected chi connectivity index (χ1v) is 9.74. The molecule has 0 unspecified atom stereocenters. The summed E-state index contributed by atoms with van der Waals surface area (Å²) in [6.07, 6.45) is 4.37. The van der Waals surface area contributed by atoms with Crippen molar-refractivity contribution in [3.63, 3.8) is 0 Å². The summed E-state index contributed by atoms with van der Waals surface area (Å²) in [5.41, 5.74) is 3.50. The summed E-state index contributed by atoms with van der Waals surface area (Å²) in [4.78, 5) is 30.7. The molecule has 0 fully saturated rings. The van der Waals surface area contributed by atoms with Gasteiger partial charge in [-0.15, -0.1) is 11.3 Å². The largest absolute Gasteiger partial charge is 0.462 e. The first-order valence-electron chi connectivity index (χ1n) is 8.92. The second-order valence-electron chi connectivity index (χ2n) is 6.19. The van der Waals surface area contributed by atoms with E-state index in [1.807, 2.05) is 31.2 Å². The number of oxime groups is 1. The molecule has 1 heterocycles. The monoisotopic (exact) mass is 386 g/mol. The average Bonchev–Trinajstić information content (AvgIpc) is 3.21. The van der Waals surface area contributed by atoms with Crippen LogP contribution in [0.2, 0.25) is 0 Å². The summed E-state index contributed by atoms with van der Waals surface area (Å²) in [6, 6.07) is 7.75. The van der Waals surface area contributed by atoms with Gasteiger partial charge in [0.25, 0.3) is 5.91 Å². The normalized spacial score (nSPS) is 12.8. The molecule has 2 aromatic rings. The maximum Gasteiger partial charge on any atom is 0.341 e. The molecule has 0 bridgehead atoms. The minimum Gasteiger partial charge on any atom is -0.462 e. The van der Waals surface area contributed by atoms with Crippen LogP contribution in [0.4, 0.5) is 5.00 Å². The number of nitrogens with zero attached hydrogens (tertiary/aromatic N) is 1. The first kappa shape index (κ1) is 19.1. The van der Waals surface area contributed by atoms with E-state index in [1.54, 1.807) is 13.1 Å². The van der Waals surface area contributed by atoms with Gasteiger partial charge in [-0.05, 0) is 49.8 Å². The molecular weight excluding hydrogens is 364 g/mol. The van der Waals surface area contributed by atoms with Crippen LogP contribution in [-0.2, 0) is 27.2 Å². The molecular formula is C20H22N2O4S. The fourth-order valence-electron chi connectivity index (χ4n) is 3.00. The predicted molar refractivity (Wildman–Crippen MR) is 106 cm³/mol. The van der Waals surface area contributed by atoms with Gasteiger partial charge >= 0.3 is 5.97 Å². The van der Waals surface area contributed by atoms with E-state index in [0.717, 1.165) is 40.8 Å². The van der Waals surface area contributed by atoms with Gasteiger partial charge in [-0.1, -0.05) is 29.4 Å². The molecule has 1 aliphatic rings. The van der Waals surface area contributed by atoms with E-state index in [4.69, 9.17) is 9.57 Å². The van der Waals surface area contributed by atoms with Crippen molar-refractivity contribution in [1.29, 1.82) is 0 Å². The number of aryl methyl sites for hydroxylation is 2. The molecule has 0 aliphatic heterocycles. The van der Waals surface area contributed by atoms with Gasteiger partial charge in [0, 0.05) is 4.88 Å². The SMILES string of the molecule is CCOC(=O)c1c(NC(=O)CO/N=C\c2ccccc2C)sc2c1CCC2. The topological polar surface area (TPSA) is 77.0 Å². The Morgan fingerprint density at radius 3 is 2.89 bits per heavy atom. The van der Waals surface area contributed by atoms with Crippen molar-refractivity contribution >= 4 is 34.4 Å². The minimum atomic E-state index is -0.384. The number of carbonyl (C=O) groups is 2. The van der Waals surface area contributed by atoms with Gasteiger partial charge in [0.1, 0.15) is 5.00 Å². The number of nitrogens with one attached hydrogen (secondary N) is 1. The number of amides is 1. The highest BCUT2D eigenvalue weighted by molar-refractivity contribution is 7.17. The molecule has 0 radical (unpaired) electrons. The number of esters is 1. The summed E-state index contributed by atoms with van der Waals surface area (Å²) in [5.74, 6) is -0.743. The molecule has 142 valence electrons. The Bertz CT molecular complexity index is 873. The number of rotatable bonds is 7.